The van der Waals surface area contributed by atoms with Crippen LogP contribution in [0.1, 0.15) is 16.1 Å². The Balaban J connectivity index is 1.40. The minimum Gasteiger partial charge on any atom is -0.353 e. The second-order valence-electron chi connectivity index (χ2n) is 6.18. The van der Waals surface area contributed by atoms with E-state index >= 15 is 0 Å². The van der Waals surface area contributed by atoms with Crippen molar-refractivity contribution in [2.45, 2.75) is 0 Å². The zero-order valence-corrected chi connectivity index (χ0v) is 14.5. The number of aromatic nitrogens is 4. The second-order valence-corrected chi connectivity index (χ2v) is 6.18. The van der Waals surface area contributed by atoms with Gasteiger partial charge >= 0.3 is 0 Å². The summed E-state index contributed by atoms with van der Waals surface area (Å²) >= 11 is 0. The Hall–Kier alpha value is -3.73. The van der Waals surface area contributed by atoms with Crippen molar-refractivity contribution >= 4 is 11.7 Å². The Bertz CT molecular complexity index is 967. The van der Waals surface area contributed by atoms with Gasteiger partial charge in [0.25, 0.3) is 5.91 Å². The number of pyridine rings is 2. The van der Waals surface area contributed by atoms with Crippen molar-refractivity contribution in [1.82, 2.24) is 25.1 Å². The molecule has 1 saturated heterocycles. The molecule has 0 atom stereocenters. The summed E-state index contributed by atoms with van der Waals surface area (Å²) in [5.74, 6) is 0.747. The number of anilines is 1. The van der Waals surface area contributed by atoms with Crippen molar-refractivity contribution in [3.63, 3.8) is 0 Å². The number of carbonyl (C=O) groups is 1. The van der Waals surface area contributed by atoms with Crippen molar-refractivity contribution in [3.05, 3.63) is 60.0 Å². The molecule has 4 rings (SSSR count). The molecular formula is C19H17N7O. The number of rotatable bonds is 3. The molecule has 0 unspecified atom stereocenters. The van der Waals surface area contributed by atoms with Gasteiger partial charge in [-0.25, -0.2) is 4.98 Å². The second kappa shape index (κ2) is 7.25. The highest BCUT2D eigenvalue weighted by Gasteiger charge is 2.24. The smallest absolute Gasteiger partial charge is 0.272 e. The molecule has 27 heavy (non-hydrogen) atoms. The highest BCUT2D eigenvalue weighted by Crippen LogP contribution is 2.18. The summed E-state index contributed by atoms with van der Waals surface area (Å²) in [5, 5.41) is 15.9. The van der Waals surface area contributed by atoms with Crippen LogP contribution in [-0.2, 0) is 0 Å². The summed E-state index contributed by atoms with van der Waals surface area (Å²) in [4.78, 5) is 25.2. The lowest BCUT2D eigenvalue weighted by molar-refractivity contribution is 0.0740. The summed E-state index contributed by atoms with van der Waals surface area (Å²) in [5.41, 5.74) is 2.37. The topological polar surface area (TPSA) is 102 Å². The van der Waals surface area contributed by atoms with Gasteiger partial charge in [-0.15, -0.1) is 0 Å². The summed E-state index contributed by atoms with van der Waals surface area (Å²) in [6.45, 7) is 2.56. The first kappa shape index (κ1) is 16.7. The average molecular weight is 359 g/mol. The number of hydrogen-bond donors (Lipinski definition) is 1. The highest BCUT2D eigenvalue weighted by atomic mass is 16.2. The van der Waals surface area contributed by atoms with Crippen LogP contribution in [0.3, 0.4) is 0 Å². The molecule has 0 aliphatic carbocycles. The SMILES string of the molecule is N#Cc1ccc(N2CCN(C(=O)c3cc(-c4ccccn4)n[nH]3)CC2)nc1. The van der Waals surface area contributed by atoms with Crippen molar-refractivity contribution in [3.8, 4) is 17.5 Å². The largest absolute Gasteiger partial charge is 0.353 e. The zero-order chi connectivity index (χ0) is 18.6. The molecular weight excluding hydrogens is 342 g/mol. The van der Waals surface area contributed by atoms with Gasteiger partial charge in [-0.1, -0.05) is 6.07 Å². The average Bonchev–Trinajstić information content (AvgIpc) is 3.24. The maximum absolute atomic E-state index is 12.7. The quantitative estimate of drug-likeness (QED) is 0.764. The molecule has 0 saturated carbocycles. The standard InChI is InChI=1S/C19H17N7O/c20-12-14-4-5-18(22-13-14)25-7-9-26(10-8-25)19(27)17-11-16(23-24-17)15-3-1-2-6-21-15/h1-6,11,13H,7-10H2,(H,23,24). The fourth-order valence-corrected chi connectivity index (χ4v) is 3.03. The van der Waals surface area contributed by atoms with Crippen LogP contribution in [0.4, 0.5) is 5.82 Å². The van der Waals surface area contributed by atoms with Crippen LogP contribution in [0.15, 0.2) is 48.8 Å². The molecule has 134 valence electrons. The van der Waals surface area contributed by atoms with Crippen molar-refractivity contribution in [2.24, 2.45) is 0 Å². The number of H-pyrrole nitrogens is 1. The van der Waals surface area contributed by atoms with Crippen LogP contribution in [-0.4, -0.2) is 57.2 Å². The van der Waals surface area contributed by atoms with Gasteiger partial charge in [-0.05, 0) is 30.3 Å². The maximum Gasteiger partial charge on any atom is 0.272 e. The van der Waals surface area contributed by atoms with E-state index in [0.717, 1.165) is 11.5 Å². The molecule has 0 bridgehead atoms. The Morgan fingerprint density at radius 2 is 1.93 bits per heavy atom. The third-order valence-electron chi connectivity index (χ3n) is 4.50. The van der Waals surface area contributed by atoms with E-state index in [-0.39, 0.29) is 5.91 Å². The molecule has 0 radical (unpaired) electrons. The number of nitrogens with one attached hydrogen (secondary N) is 1. The number of amides is 1. The van der Waals surface area contributed by atoms with Crippen molar-refractivity contribution in [2.75, 3.05) is 31.1 Å². The fraction of sp³-hybridized carbons (Fsp3) is 0.211. The Morgan fingerprint density at radius 3 is 2.59 bits per heavy atom. The first-order valence-corrected chi connectivity index (χ1v) is 8.62. The van der Waals surface area contributed by atoms with Gasteiger partial charge < -0.3 is 9.80 Å². The van der Waals surface area contributed by atoms with E-state index in [9.17, 15) is 4.79 Å². The van der Waals surface area contributed by atoms with Crippen molar-refractivity contribution in [1.29, 1.82) is 5.26 Å². The van der Waals surface area contributed by atoms with Gasteiger partial charge in [-0.2, -0.15) is 10.4 Å². The number of carbonyl (C=O) groups excluding carboxylic acids is 1. The molecule has 0 spiro atoms. The monoisotopic (exact) mass is 359 g/mol. The van der Waals surface area contributed by atoms with Gasteiger partial charge in [0.2, 0.25) is 0 Å². The molecule has 3 aromatic heterocycles. The Morgan fingerprint density at radius 1 is 1.07 bits per heavy atom. The number of hydrogen-bond acceptors (Lipinski definition) is 6. The van der Waals surface area contributed by atoms with Gasteiger partial charge in [0.05, 0.1) is 11.3 Å². The highest BCUT2D eigenvalue weighted by molar-refractivity contribution is 5.93. The molecule has 1 aliphatic heterocycles. The van der Waals surface area contributed by atoms with Gasteiger partial charge in [-0.3, -0.25) is 14.9 Å². The van der Waals surface area contributed by atoms with Gasteiger partial charge in [0.15, 0.2) is 0 Å². The summed E-state index contributed by atoms with van der Waals surface area (Å²) < 4.78 is 0. The number of nitrogens with zero attached hydrogens (tertiary/aromatic N) is 6. The maximum atomic E-state index is 12.7. The molecule has 1 fully saturated rings. The Labute approximate surface area is 156 Å². The third-order valence-corrected chi connectivity index (χ3v) is 4.50. The molecule has 8 heteroatoms. The third kappa shape index (κ3) is 3.48. The van der Waals surface area contributed by atoms with Gasteiger partial charge in [0, 0.05) is 38.6 Å². The predicted octanol–water partition coefficient (Wildman–Crippen LogP) is 1.70. The van der Waals surface area contributed by atoms with E-state index in [1.807, 2.05) is 24.3 Å². The Kier molecular flexibility index (Phi) is 4.49. The van der Waals surface area contributed by atoms with Crippen LogP contribution in [0, 0.1) is 11.3 Å². The van der Waals surface area contributed by atoms with Crippen LogP contribution < -0.4 is 4.90 Å². The molecule has 1 amide bonds. The summed E-state index contributed by atoms with van der Waals surface area (Å²) in [6.07, 6.45) is 3.26. The number of nitriles is 1. The first-order valence-electron chi connectivity index (χ1n) is 8.62. The van der Waals surface area contributed by atoms with Crippen LogP contribution in [0.25, 0.3) is 11.4 Å². The van der Waals surface area contributed by atoms with Gasteiger partial charge in [0.1, 0.15) is 23.3 Å². The van der Waals surface area contributed by atoms with E-state index < -0.39 is 0 Å². The molecule has 4 heterocycles. The van der Waals surface area contributed by atoms with E-state index in [2.05, 4.69) is 31.1 Å². The molecule has 0 aromatic carbocycles. The first-order chi connectivity index (χ1) is 13.2. The molecule has 3 aromatic rings. The predicted molar refractivity (Wildman–Crippen MR) is 98.9 cm³/mol. The number of piperazine rings is 1. The molecule has 1 aliphatic rings. The minimum absolute atomic E-state index is 0.0721. The zero-order valence-electron chi connectivity index (χ0n) is 14.5. The minimum atomic E-state index is -0.0721. The van der Waals surface area contributed by atoms with E-state index in [1.54, 1.807) is 29.4 Å². The van der Waals surface area contributed by atoms with Crippen molar-refractivity contribution < 1.29 is 4.79 Å². The molecule has 8 nitrogen and oxygen atoms in total. The van der Waals surface area contributed by atoms with E-state index in [1.165, 1.54) is 0 Å². The van der Waals surface area contributed by atoms with E-state index in [4.69, 9.17) is 5.26 Å². The summed E-state index contributed by atoms with van der Waals surface area (Å²) in [7, 11) is 0. The molecule has 1 N–H and O–H groups in total. The lowest BCUT2D eigenvalue weighted by atomic mass is 10.2. The van der Waals surface area contributed by atoms with Crippen LogP contribution in [0.2, 0.25) is 0 Å². The van der Waals surface area contributed by atoms with Crippen LogP contribution in [0.5, 0.6) is 0 Å². The lowest BCUT2D eigenvalue weighted by Crippen LogP contribution is -2.49. The van der Waals surface area contributed by atoms with E-state index in [0.29, 0.717) is 43.1 Å². The fourth-order valence-electron chi connectivity index (χ4n) is 3.03. The van der Waals surface area contributed by atoms with Crippen LogP contribution >= 0.6 is 0 Å². The normalized spacial score (nSPS) is 14.0. The summed E-state index contributed by atoms with van der Waals surface area (Å²) in [6, 6.07) is 13.0. The number of aromatic amines is 1. The lowest BCUT2D eigenvalue weighted by Gasteiger charge is -2.35.